The van der Waals surface area contributed by atoms with Crippen LogP contribution < -0.4 is 5.73 Å². The highest BCUT2D eigenvalue weighted by Crippen LogP contribution is 2.33. The Hall–Kier alpha value is 0.220. The molecule has 1 fully saturated rings. The van der Waals surface area contributed by atoms with Crippen molar-refractivity contribution in [2.75, 3.05) is 43.9 Å². The van der Waals surface area contributed by atoms with Gasteiger partial charge in [0.05, 0.1) is 5.75 Å². The number of piperidine rings is 1. The SMILES string of the molecule is CCS(=O)(=O)CCN1CCC(CN)(SC)CC1. The van der Waals surface area contributed by atoms with Crippen molar-refractivity contribution in [3.05, 3.63) is 0 Å². The summed E-state index contributed by atoms with van der Waals surface area (Å²) in [6.07, 6.45) is 4.25. The van der Waals surface area contributed by atoms with Gasteiger partial charge in [-0.1, -0.05) is 6.92 Å². The molecule has 0 spiro atoms. The normalized spacial score (nSPS) is 21.6. The van der Waals surface area contributed by atoms with Gasteiger partial charge < -0.3 is 10.6 Å². The first-order valence-electron chi connectivity index (χ1n) is 6.15. The van der Waals surface area contributed by atoms with Gasteiger partial charge in [-0.25, -0.2) is 8.42 Å². The summed E-state index contributed by atoms with van der Waals surface area (Å²) < 4.78 is 23.1. The zero-order valence-electron chi connectivity index (χ0n) is 10.8. The molecular weight excluding hydrogens is 256 g/mol. The fourth-order valence-electron chi connectivity index (χ4n) is 2.09. The van der Waals surface area contributed by atoms with Gasteiger partial charge in [0.15, 0.2) is 9.84 Å². The number of hydrogen-bond donors (Lipinski definition) is 1. The highest BCUT2D eigenvalue weighted by molar-refractivity contribution is 8.00. The van der Waals surface area contributed by atoms with Crippen LogP contribution in [0.15, 0.2) is 0 Å². The molecule has 0 aromatic rings. The second kappa shape index (κ2) is 6.41. The van der Waals surface area contributed by atoms with Crippen LogP contribution in [0.25, 0.3) is 0 Å². The number of sulfone groups is 1. The van der Waals surface area contributed by atoms with Crippen molar-refractivity contribution in [2.24, 2.45) is 5.73 Å². The molecule has 0 bridgehead atoms. The van der Waals surface area contributed by atoms with Gasteiger partial charge in [0.25, 0.3) is 0 Å². The molecule has 0 amide bonds. The van der Waals surface area contributed by atoms with E-state index in [1.54, 1.807) is 6.92 Å². The summed E-state index contributed by atoms with van der Waals surface area (Å²) in [7, 11) is -2.83. The topological polar surface area (TPSA) is 63.4 Å². The Labute approximate surface area is 109 Å². The standard InChI is InChI=1S/C11H24N2O2S2/c1-3-17(14,15)9-8-13-6-4-11(10-12,16-2)5-7-13/h3-10,12H2,1-2H3. The van der Waals surface area contributed by atoms with Gasteiger partial charge in [0.2, 0.25) is 0 Å². The molecule has 1 rings (SSSR count). The second-order valence-corrected chi connectivity index (χ2v) is 8.42. The Morgan fingerprint density at radius 1 is 1.35 bits per heavy atom. The minimum absolute atomic E-state index is 0.222. The van der Waals surface area contributed by atoms with Crippen LogP contribution in [0, 0.1) is 0 Å². The van der Waals surface area contributed by atoms with E-state index in [4.69, 9.17) is 5.73 Å². The summed E-state index contributed by atoms with van der Waals surface area (Å²) in [4.78, 5) is 2.25. The zero-order chi connectivity index (χ0) is 12.9. The number of thioether (sulfide) groups is 1. The van der Waals surface area contributed by atoms with Gasteiger partial charge in [-0.3, -0.25) is 0 Å². The summed E-state index contributed by atoms with van der Waals surface area (Å²) in [5.41, 5.74) is 5.82. The summed E-state index contributed by atoms with van der Waals surface area (Å²) in [5, 5.41) is 0. The Bertz CT molecular complexity index is 316. The molecule has 17 heavy (non-hydrogen) atoms. The third-order valence-electron chi connectivity index (χ3n) is 3.73. The fourth-order valence-corrected chi connectivity index (χ4v) is 3.67. The first-order chi connectivity index (χ1) is 7.97. The van der Waals surface area contributed by atoms with Crippen molar-refractivity contribution in [2.45, 2.75) is 24.5 Å². The maximum Gasteiger partial charge on any atom is 0.151 e. The lowest BCUT2D eigenvalue weighted by Gasteiger charge is -2.40. The van der Waals surface area contributed by atoms with Crippen LogP contribution in [-0.4, -0.2) is 62.0 Å². The van der Waals surface area contributed by atoms with E-state index in [0.29, 0.717) is 12.3 Å². The molecule has 102 valence electrons. The highest BCUT2D eigenvalue weighted by Gasteiger charge is 2.32. The van der Waals surface area contributed by atoms with E-state index in [1.807, 2.05) is 11.8 Å². The average Bonchev–Trinajstić information content (AvgIpc) is 2.37. The van der Waals surface area contributed by atoms with E-state index < -0.39 is 9.84 Å². The molecule has 1 aliphatic rings. The minimum atomic E-state index is -2.83. The Balaban J connectivity index is 2.38. The Morgan fingerprint density at radius 2 is 1.94 bits per heavy atom. The maximum absolute atomic E-state index is 11.4. The van der Waals surface area contributed by atoms with E-state index in [1.165, 1.54) is 0 Å². The first-order valence-corrected chi connectivity index (χ1v) is 9.19. The van der Waals surface area contributed by atoms with E-state index >= 15 is 0 Å². The monoisotopic (exact) mass is 280 g/mol. The number of nitrogens with zero attached hydrogens (tertiary/aromatic N) is 1. The van der Waals surface area contributed by atoms with Crippen LogP contribution in [-0.2, 0) is 9.84 Å². The van der Waals surface area contributed by atoms with Gasteiger partial charge in [0.1, 0.15) is 0 Å². The van der Waals surface area contributed by atoms with E-state index in [-0.39, 0.29) is 10.5 Å². The van der Waals surface area contributed by atoms with Crippen molar-refractivity contribution in [1.82, 2.24) is 4.90 Å². The molecule has 0 aliphatic carbocycles. The first kappa shape index (κ1) is 15.3. The predicted octanol–water partition coefficient (Wildman–Crippen LogP) is 0.577. The zero-order valence-corrected chi connectivity index (χ0v) is 12.4. The maximum atomic E-state index is 11.4. The lowest BCUT2D eigenvalue weighted by Crippen LogP contribution is -2.47. The quantitative estimate of drug-likeness (QED) is 0.771. The fraction of sp³-hybridized carbons (Fsp3) is 1.00. The smallest absolute Gasteiger partial charge is 0.151 e. The lowest BCUT2D eigenvalue weighted by molar-refractivity contribution is 0.212. The molecule has 0 unspecified atom stereocenters. The van der Waals surface area contributed by atoms with Gasteiger partial charge >= 0.3 is 0 Å². The molecule has 0 radical (unpaired) electrons. The second-order valence-electron chi connectivity index (χ2n) is 4.67. The molecule has 0 aromatic carbocycles. The number of rotatable bonds is 6. The van der Waals surface area contributed by atoms with E-state index in [9.17, 15) is 8.42 Å². The molecule has 1 heterocycles. The van der Waals surface area contributed by atoms with E-state index in [0.717, 1.165) is 32.5 Å². The predicted molar refractivity (Wildman–Crippen MR) is 75.3 cm³/mol. The molecule has 1 aliphatic heterocycles. The number of likely N-dealkylation sites (tertiary alicyclic amines) is 1. The van der Waals surface area contributed by atoms with Gasteiger partial charge in [-0.2, -0.15) is 11.8 Å². The van der Waals surface area contributed by atoms with Crippen LogP contribution in [0.5, 0.6) is 0 Å². The highest BCUT2D eigenvalue weighted by atomic mass is 32.2. The summed E-state index contributed by atoms with van der Waals surface area (Å²) in [6, 6.07) is 0. The lowest BCUT2D eigenvalue weighted by atomic mass is 9.96. The summed E-state index contributed by atoms with van der Waals surface area (Å²) in [5.74, 6) is 0.538. The van der Waals surface area contributed by atoms with Gasteiger partial charge in [0, 0.05) is 23.6 Å². The Kier molecular flexibility index (Phi) is 5.76. The molecule has 4 nitrogen and oxygen atoms in total. The molecule has 2 N–H and O–H groups in total. The molecule has 0 atom stereocenters. The van der Waals surface area contributed by atoms with Gasteiger partial charge in [-0.05, 0) is 32.2 Å². The third-order valence-corrected chi connectivity index (χ3v) is 6.86. The summed E-state index contributed by atoms with van der Waals surface area (Å²) >= 11 is 1.85. The van der Waals surface area contributed by atoms with Crippen molar-refractivity contribution < 1.29 is 8.42 Å². The van der Waals surface area contributed by atoms with Crippen LogP contribution in [0.2, 0.25) is 0 Å². The molecule has 0 saturated carbocycles. The van der Waals surface area contributed by atoms with Crippen molar-refractivity contribution >= 4 is 21.6 Å². The van der Waals surface area contributed by atoms with E-state index in [2.05, 4.69) is 11.2 Å². The molecule has 1 saturated heterocycles. The number of nitrogens with two attached hydrogens (primary N) is 1. The van der Waals surface area contributed by atoms with Crippen LogP contribution in [0.1, 0.15) is 19.8 Å². The third kappa shape index (κ3) is 4.43. The van der Waals surface area contributed by atoms with Crippen molar-refractivity contribution in [3.8, 4) is 0 Å². The van der Waals surface area contributed by atoms with Gasteiger partial charge in [-0.15, -0.1) is 0 Å². The van der Waals surface area contributed by atoms with Crippen LogP contribution in [0.3, 0.4) is 0 Å². The van der Waals surface area contributed by atoms with Crippen LogP contribution in [0.4, 0.5) is 0 Å². The minimum Gasteiger partial charge on any atom is -0.329 e. The van der Waals surface area contributed by atoms with Crippen molar-refractivity contribution in [3.63, 3.8) is 0 Å². The molecule has 0 aromatic heterocycles. The van der Waals surface area contributed by atoms with Crippen LogP contribution >= 0.6 is 11.8 Å². The molecular formula is C11H24N2O2S2. The van der Waals surface area contributed by atoms with Crippen molar-refractivity contribution in [1.29, 1.82) is 0 Å². The number of hydrogen-bond acceptors (Lipinski definition) is 5. The summed E-state index contributed by atoms with van der Waals surface area (Å²) in [6.45, 7) is 5.04. The Morgan fingerprint density at radius 3 is 2.35 bits per heavy atom. The molecule has 6 heteroatoms. The largest absolute Gasteiger partial charge is 0.329 e. The average molecular weight is 280 g/mol.